The lowest BCUT2D eigenvalue weighted by Crippen LogP contribution is -2.46. The summed E-state index contributed by atoms with van der Waals surface area (Å²) in [7, 11) is 1.56. The fourth-order valence-corrected chi connectivity index (χ4v) is 3.33. The molecule has 21 heavy (non-hydrogen) atoms. The molecule has 118 valence electrons. The van der Waals surface area contributed by atoms with Gasteiger partial charge in [-0.3, -0.25) is 4.90 Å². The normalized spacial score (nSPS) is 13.0. The molecule has 1 amide bonds. The van der Waals surface area contributed by atoms with Gasteiger partial charge in [-0.25, -0.2) is 4.79 Å². The molecule has 1 aromatic rings. The van der Waals surface area contributed by atoms with Crippen LogP contribution >= 0.6 is 27.5 Å². The molecule has 0 aliphatic heterocycles. The van der Waals surface area contributed by atoms with E-state index in [1.165, 1.54) is 4.90 Å². The highest BCUT2D eigenvalue weighted by molar-refractivity contribution is 9.10. The summed E-state index contributed by atoms with van der Waals surface area (Å²) < 4.78 is 6.20. The van der Waals surface area contributed by atoms with Gasteiger partial charge in [0.15, 0.2) is 0 Å². The van der Waals surface area contributed by atoms with Crippen LogP contribution in [0.1, 0.15) is 44.9 Å². The maximum absolute atomic E-state index is 11.6. The number of rotatable bonds is 3. The van der Waals surface area contributed by atoms with Crippen LogP contribution in [0.4, 0.5) is 4.79 Å². The Balaban J connectivity index is 3.48. The number of methoxy groups -OCH3 is 1. The van der Waals surface area contributed by atoms with Crippen LogP contribution in [-0.2, 0) is 0 Å². The predicted octanol–water partition coefficient (Wildman–Crippen LogP) is 5.26. The minimum atomic E-state index is -0.982. The molecule has 1 atom stereocenters. The Hall–Kier alpha value is -0.940. The first kappa shape index (κ1) is 18.1. The second-order valence-corrected chi connectivity index (χ2v) is 7.12. The maximum atomic E-state index is 11.6. The van der Waals surface area contributed by atoms with Gasteiger partial charge in [-0.2, -0.15) is 0 Å². The van der Waals surface area contributed by atoms with Gasteiger partial charge < -0.3 is 9.84 Å². The molecule has 0 fully saturated rings. The quantitative estimate of drug-likeness (QED) is 0.780. The Morgan fingerprint density at radius 2 is 2.00 bits per heavy atom. The van der Waals surface area contributed by atoms with Crippen molar-refractivity contribution >= 4 is 33.6 Å². The SMILES string of the molecule is COc1c([C@H](C)N(C(=O)O)C(C)(C)C)cc(Cl)c(C)c1Br. The van der Waals surface area contributed by atoms with Gasteiger partial charge in [0.2, 0.25) is 0 Å². The van der Waals surface area contributed by atoms with Crippen molar-refractivity contribution < 1.29 is 14.6 Å². The summed E-state index contributed by atoms with van der Waals surface area (Å²) in [6.07, 6.45) is -0.982. The molecule has 1 rings (SSSR count). The highest BCUT2D eigenvalue weighted by atomic mass is 79.9. The van der Waals surface area contributed by atoms with Crippen molar-refractivity contribution in [1.82, 2.24) is 4.90 Å². The molecular weight excluding hydrogens is 358 g/mol. The Bertz CT molecular complexity index is 555. The fraction of sp³-hybridized carbons (Fsp3) is 0.533. The number of hydrogen-bond donors (Lipinski definition) is 1. The molecule has 0 aliphatic carbocycles. The fourth-order valence-electron chi connectivity index (χ4n) is 2.40. The molecule has 1 aromatic carbocycles. The van der Waals surface area contributed by atoms with Crippen molar-refractivity contribution in [3.8, 4) is 5.75 Å². The van der Waals surface area contributed by atoms with Crippen LogP contribution in [0.5, 0.6) is 5.75 Å². The van der Waals surface area contributed by atoms with Gasteiger partial charge in [-0.05, 0) is 62.2 Å². The Labute approximate surface area is 139 Å². The largest absolute Gasteiger partial charge is 0.495 e. The van der Waals surface area contributed by atoms with E-state index in [1.807, 2.05) is 34.6 Å². The average molecular weight is 379 g/mol. The first-order valence-corrected chi connectivity index (χ1v) is 7.74. The minimum Gasteiger partial charge on any atom is -0.495 e. The molecule has 0 saturated heterocycles. The van der Waals surface area contributed by atoms with Gasteiger partial charge in [0.1, 0.15) is 5.75 Å². The van der Waals surface area contributed by atoms with Gasteiger partial charge in [-0.1, -0.05) is 11.6 Å². The van der Waals surface area contributed by atoms with Crippen LogP contribution in [0.2, 0.25) is 5.02 Å². The highest BCUT2D eigenvalue weighted by Gasteiger charge is 2.33. The smallest absolute Gasteiger partial charge is 0.408 e. The number of nitrogens with zero attached hydrogens (tertiary/aromatic N) is 1. The maximum Gasteiger partial charge on any atom is 0.408 e. The van der Waals surface area contributed by atoms with Crippen molar-refractivity contribution in [2.45, 2.75) is 46.2 Å². The van der Waals surface area contributed by atoms with Crippen molar-refractivity contribution in [2.24, 2.45) is 0 Å². The van der Waals surface area contributed by atoms with Gasteiger partial charge in [-0.15, -0.1) is 0 Å². The zero-order chi connectivity index (χ0) is 16.5. The summed E-state index contributed by atoms with van der Waals surface area (Å²) >= 11 is 9.71. The van der Waals surface area contributed by atoms with E-state index in [4.69, 9.17) is 16.3 Å². The molecule has 0 bridgehead atoms. The summed E-state index contributed by atoms with van der Waals surface area (Å²) in [6, 6.07) is 1.37. The zero-order valence-corrected chi connectivity index (χ0v) is 15.5. The molecule has 0 aromatic heterocycles. The number of amides is 1. The third kappa shape index (κ3) is 3.64. The molecule has 0 unspecified atom stereocenters. The summed E-state index contributed by atoms with van der Waals surface area (Å²) in [5.41, 5.74) is 1.06. The molecule has 1 N–H and O–H groups in total. The van der Waals surface area contributed by atoms with Crippen LogP contribution in [0.3, 0.4) is 0 Å². The van der Waals surface area contributed by atoms with Crippen molar-refractivity contribution in [2.75, 3.05) is 7.11 Å². The van der Waals surface area contributed by atoms with Crippen molar-refractivity contribution in [1.29, 1.82) is 0 Å². The van der Waals surface area contributed by atoms with Gasteiger partial charge in [0.25, 0.3) is 0 Å². The molecule has 0 aliphatic rings. The third-order valence-corrected chi connectivity index (χ3v) is 4.75. The van der Waals surface area contributed by atoms with Crippen LogP contribution < -0.4 is 4.74 Å². The number of hydrogen-bond acceptors (Lipinski definition) is 2. The third-order valence-electron chi connectivity index (χ3n) is 3.40. The lowest BCUT2D eigenvalue weighted by molar-refractivity contribution is 0.0745. The Morgan fingerprint density at radius 1 is 1.48 bits per heavy atom. The molecule has 6 heteroatoms. The summed E-state index contributed by atoms with van der Waals surface area (Å²) in [5.74, 6) is 0.611. The first-order valence-electron chi connectivity index (χ1n) is 6.57. The number of carboxylic acid groups (broad SMARTS) is 1. The van der Waals surface area contributed by atoms with Gasteiger partial charge >= 0.3 is 6.09 Å². The van der Waals surface area contributed by atoms with Gasteiger partial charge in [0, 0.05) is 16.1 Å². The van der Waals surface area contributed by atoms with E-state index in [9.17, 15) is 9.90 Å². The lowest BCUT2D eigenvalue weighted by atomic mass is 9.98. The molecular formula is C15H21BrClNO3. The molecule has 0 radical (unpaired) electrons. The van der Waals surface area contributed by atoms with Gasteiger partial charge in [0.05, 0.1) is 17.6 Å². The highest BCUT2D eigenvalue weighted by Crippen LogP contribution is 2.42. The van der Waals surface area contributed by atoms with Crippen LogP contribution in [0.15, 0.2) is 10.5 Å². The summed E-state index contributed by atoms with van der Waals surface area (Å²) in [6.45, 7) is 9.27. The van der Waals surface area contributed by atoms with E-state index >= 15 is 0 Å². The van der Waals surface area contributed by atoms with Crippen molar-refractivity contribution in [3.63, 3.8) is 0 Å². The molecule has 0 heterocycles. The van der Waals surface area contributed by atoms with Crippen LogP contribution in [0.25, 0.3) is 0 Å². The number of carbonyl (C=O) groups is 1. The second kappa shape index (κ2) is 6.44. The standard InChI is InChI=1S/C15H21BrClNO3/c1-8-11(17)7-10(13(21-6)12(8)16)9(2)18(14(19)20)15(3,4)5/h7,9H,1-6H3,(H,19,20)/t9-/m0/s1. The summed E-state index contributed by atoms with van der Waals surface area (Å²) in [4.78, 5) is 13.0. The second-order valence-electron chi connectivity index (χ2n) is 5.92. The zero-order valence-electron chi connectivity index (χ0n) is 13.1. The number of benzene rings is 1. The van der Waals surface area contributed by atoms with Crippen LogP contribution in [-0.4, -0.2) is 28.7 Å². The number of halogens is 2. The average Bonchev–Trinajstić information content (AvgIpc) is 2.33. The molecule has 0 spiro atoms. The first-order chi connectivity index (χ1) is 9.52. The molecule has 0 saturated carbocycles. The summed E-state index contributed by atoms with van der Waals surface area (Å²) in [5, 5.41) is 10.1. The van der Waals surface area contributed by atoms with Crippen LogP contribution in [0, 0.1) is 6.92 Å². The van der Waals surface area contributed by atoms with E-state index in [2.05, 4.69) is 15.9 Å². The lowest BCUT2D eigenvalue weighted by Gasteiger charge is -2.38. The van der Waals surface area contributed by atoms with E-state index < -0.39 is 17.7 Å². The van der Waals surface area contributed by atoms with E-state index in [0.29, 0.717) is 10.8 Å². The Kier molecular flexibility index (Phi) is 5.56. The minimum absolute atomic E-state index is 0.396. The predicted molar refractivity (Wildman–Crippen MR) is 88.5 cm³/mol. The monoisotopic (exact) mass is 377 g/mol. The van der Waals surface area contributed by atoms with Crippen molar-refractivity contribution in [3.05, 3.63) is 26.7 Å². The van der Waals surface area contributed by atoms with E-state index in [-0.39, 0.29) is 0 Å². The number of ether oxygens (including phenoxy) is 1. The Morgan fingerprint density at radius 3 is 2.38 bits per heavy atom. The molecule has 4 nitrogen and oxygen atoms in total. The van der Waals surface area contributed by atoms with E-state index in [0.717, 1.165) is 15.6 Å². The van der Waals surface area contributed by atoms with E-state index in [1.54, 1.807) is 13.2 Å². The topological polar surface area (TPSA) is 49.8 Å².